The Labute approximate surface area is 153 Å². The highest BCUT2D eigenvalue weighted by Crippen LogP contribution is 2.40. The lowest BCUT2D eigenvalue weighted by Gasteiger charge is -2.24. The molecule has 140 valence electrons. The first-order valence-electron chi connectivity index (χ1n) is 8.67. The number of fused-ring (bicyclic) bond motifs is 1. The number of thiophene rings is 1. The van der Waals surface area contributed by atoms with E-state index in [2.05, 4.69) is 12.2 Å². The molecule has 25 heavy (non-hydrogen) atoms. The number of hydrogen-bond acceptors (Lipinski definition) is 5. The summed E-state index contributed by atoms with van der Waals surface area (Å²) in [6.07, 6.45) is 2.92. The van der Waals surface area contributed by atoms with Gasteiger partial charge in [-0.15, -0.1) is 11.3 Å². The van der Waals surface area contributed by atoms with Crippen LogP contribution in [-0.4, -0.2) is 57.2 Å². The van der Waals surface area contributed by atoms with E-state index in [1.807, 2.05) is 0 Å². The van der Waals surface area contributed by atoms with Gasteiger partial charge in [-0.05, 0) is 30.7 Å². The van der Waals surface area contributed by atoms with Crippen molar-refractivity contribution in [2.45, 2.75) is 33.1 Å². The minimum absolute atomic E-state index is 0.0510. The molecule has 2 amide bonds. The third kappa shape index (κ3) is 5.03. The molecule has 0 saturated carbocycles. The number of carbonyl (C=O) groups is 2. The van der Waals surface area contributed by atoms with E-state index < -0.39 is 0 Å². The molecule has 0 radical (unpaired) electrons. The van der Waals surface area contributed by atoms with Crippen LogP contribution >= 0.6 is 11.3 Å². The third-order valence-corrected chi connectivity index (χ3v) is 5.60. The largest absolute Gasteiger partial charge is 0.383 e. The molecule has 1 aliphatic carbocycles. The second-order valence-electron chi connectivity index (χ2n) is 6.51. The Hall–Kier alpha value is -1.44. The number of anilines is 1. The van der Waals surface area contributed by atoms with Crippen LogP contribution in [0.5, 0.6) is 0 Å². The zero-order valence-corrected chi connectivity index (χ0v) is 16.3. The molecular formula is C18H28N2O4S. The van der Waals surface area contributed by atoms with Crippen molar-refractivity contribution in [3.05, 3.63) is 16.0 Å². The van der Waals surface area contributed by atoms with Gasteiger partial charge < -0.3 is 19.7 Å². The number of nitrogens with zero attached hydrogens (tertiary/aromatic N) is 1. The molecule has 0 bridgehead atoms. The van der Waals surface area contributed by atoms with Crippen molar-refractivity contribution in [2.75, 3.05) is 45.8 Å². The smallest absolute Gasteiger partial charge is 0.257 e. The van der Waals surface area contributed by atoms with Crippen molar-refractivity contribution in [2.24, 2.45) is 5.92 Å². The van der Waals surface area contributed by atoms with Crippen molar-refractivity contribution < 1.29 is 19.1 Å². The topological polar surface area (TPSA) is 67.9 Å². The van der Waals surface area contributed by atoms with E-state index in [1.54, 1.807) is 30.5 Å². The number of ether oxygens (including phenoxy) is 2. The highest BCUT2D eigenvalue weighted by atomic mass is 32.1. The van der Waals surface area contributed by atoms with Gasteiger partial charge in [0.1, 0.15) is 5.00 Å². The minimum Gasteiger partial charge on any atom is -0.383 e. The summed E-state index contributed by atoms with van der Waals surface area (Å²) in [5.41, 5.74) is 1.77. The maximum Gasteiger partial charge on any atom is 0.257 e. The Kier molecular flexibility index (Phi) is 7.40. The number of amides is 2. The fourth-order valence-corrected chi connectivity index (χ4v) is 4.55. The predicted molar refractivity (Wildman–Crippen MR) is 99.5 cm³/mol. The van der Waals surface area contributed by atoms with Gasteiger partial charge in [0.15, 0.2) is 0 Å². The van der Waals surface area contributed by atoms with Gasteiger partial charge in [-0.2, -0.15) is 0 Å². The standard InChI is InChI=1S/C18H28N2O4S/c1-12-5-6-14-15(11-12)25-17(19-13(2)21)16(14)18(22)20(7-9-23-3)8-10-24-4/h12H,5-11H2,1-4H3,(H,19,21)/t12-/m0/s1. The summed E-state index contributed by atoms with van der Waals surface area (Å²) in [4.78, 5) is 27.8. The number of methoxy groups -OCH3 is 2. The Morgan fingerprint density at radius 1 is 1.24 bits per heavy atom. The highest BCUT2D eigenvalue weighted by Gasteiger charge is 2.30. The van der Waals surface area contributed by atoms with Crippen LogP contribution in [0.4, 0.5) is 5.00 Å². The molecule has 1 atom stereocenters. The van der Waals surface area contributed by atoms with E-state index in [-0.39, 0.29) is 11.8 Å². The normalized spacial score (nSPS) is 16.4. The molecule has 0 unspecified atom stereocenters. The van der Waals surface area contributed by atoms with Crippen molar-refractivity contribution in [1.82, 2.24) is 4.90 Å². The molecule has 0 saturated heterocycles. The van der Waals surface area contributed by atoms with Crippen molar-refractivity contribution >= 4 is 28.2 Å². The monoisotopic (exact) mass is 368 g/mol. The Morgan fingerprint density at radius 3 is 2.44 bits per heavy atom. The molecule has 0 aliphatic heterocycles. The predicted octanol–water partition coefficient (Wildman–Crippen LogP) is 2.57. The summed E-state index contributed by atoms with van der Waals surface area (Å²) in [7, 11) is 3.24. The van der Waals surface area contributed by atoms with Crippen LogP contribution in [0.1, 0.15) is 41.1 Å². The second kappa shape index (κ2) is 9.31. The first-order valence-corrected chi connectivity index (χ1v) is 9.48. The summed E-state index contributed by atoms with van der Waals surface area (Å²) in [6.45, 7) is 5.63. The number of rotatable bonds is 8. The molecule has 0 aromatic carbocycles. The average Bonchev–Trinajstić information content (AvgIpc) is 2.90. The molecule has 0 fully saturated rings. The molecule has 6 nitrogen and oxygen atoms in total. The van der Waals surface area contributed by atoms with E-state index in [0.717, 1.165) is 24.8 Å². The SMILES string of the molecule is COCCN(CCOC)C(=O)c1c(NC(C)=O)sc2c1CC[C@H](C)C2. The van der Waals surface area contributed by atoms with Crippen LogP contribution in [0.2, 0.25) is 0 Å². The van der Waals surface area contributed by atoms with Crippen LogP contribution in [0.15, 0.2) is 0 Å². The fourth-order valence-electron chi connectivity index (χ4n) is 3.10. The van der Waals surface area contributed by atoms with Gasteiger partial charge in [-0.3, -0.25) is 9.59 Å². The van der Waals surface area contributed by atoms with Crippen LogP contribution in [0, 0.1) is 5.92 Å². The maximum absolute atomic E-state index is 13.2. The lowest BCUT2D eigenvalue weighted by atomic mass is 9.88. The second-order valence-corrected chi connectivity index (χ2v) is 7.62. The first kappa shape index (κ1) is 19.9. The van der Waals surface area contributed by atoms with Gasteiger partial charge in [-0.1, -0.05) is 6.92 Å². The Balaban J connectivity index is 2.35. The van der Waals surface area contributed by atoms with E-state index in [4.69, 9.17) is 9.47 Å². The summed E-state index contributed by atoms with van der Waals surface area (Å²) in [5.74, 6) is 0.406. The summed E-state index contributed by atoms with van der Waals surface area (Å²) in [6, 6.07) is 0. The van der Waals surface area contributed by atoms with Crippen LogP contribution in [-0.2, 0) is 27.1 Å². The van der Waals surface area contributed by atoms with E-state index >= 15 is 0 Å². The molecule has 7 heteroatoms. The fraction of sp³-hybridized carbons (Fsp3) is 0.667. The number of nitrogens with one attached hydrogen (secondary N) is 1. The number of carbonyl (C=O) groups excluding carboxylic acids is 2. The van der Waals surface area contributed by atoms with E-state index in [9.17, 15) is 9.59 Å². The van der Waals surface area contributed by atoms with Gasteiger partial charge in [0.25, 0.3) is 5.91 Å². The van der Waals surface area contributed by atoms with Crippen molar-refractivity contribution in [3.8, 4) is 0 Å². The zero-order valence-electron chi connectivity index (χ0n) is 15.5. The lowest BCUT2D eigenvalue weighted by molar-refractivity contribution is -0.114. The molecule has 1 heterocycles. The van der Waals surface area contributed by atoms with Crippen LogP contribution in [0.3, 0.4) is 0 Å². The van der Waals surface area contributed by atoms with Gasteiger partial charge >= 0.3 is 0 Å². The molecule has 1 aromatic rings. The Morgan fingerprint density at radius 2 is 1.88 bits per heavy atom. The van der Waals surface area contributed by atoms with Crippen molar-refractivity contribution in [1.29, 1.82) is 0 Å². The third-order valence-electron chi connectivity index (χ3n) is 4.43. The summed E-state index contributed by atoms with van der Waals surface area (Å²) in [5, 5.41) is 3.54. The lowest BCUT2D eigenvalue weighted by Crippen LogP contribution is -2.37. The molecule has 2 rings (SSSR count). The molecule has 1 N–H and O–H groups in total. The van der Waals surface area contributed by atoms with E-state index in [1.165, 1.54) is 11.8 Å². The van der Waals surface area contributed by atoms with Crippen LogP contribution in [0.25, 0.3) is 0 Å². The van der Waals surface area contributed by atoms with Crippen molar-refractivity contribution in [3.63, 3.8) is 0 Å². The summed E-state index contributed by atoms with van der Waals surface area (Å²) < 4.78 is 10.3. The summed E-state index contributed by atoms with van der Waals surface area (Å²) >= 11 is 1.55. The zero-order chi connectivity index (χ0) is 18.4. The Bertz CT molecular complexity index is 606. The first-order chi connectivity index (χ1) is 12.0. The van der Waals surface area contributed by atoms with Gasteiger partial charge in [0.05, 0.1) is 18.8 Å². The number of hydrogen-bond donors (Lipinski definition) is 1. The maximum atomic E-state index is 13.2. The molecule has 1 aliphatic rings. The van der Waals surface area contributed by atoms with Crippen LogP contribution < -0.4 is 5.32 Å². The average molecular weight is 368 g/mol. The molecule has 0 spiro atoms. The quantitative estimate of drug-likeness (QED) is 0.766. The van der Waals surface area contributed by atoms with Gasteiger partial charge in [-0.25, -0.2) is 0 Å². The minimum atomic E-state index is -0.152. The highest BCUT2D eigenvalue weighted by molar-refractivity contribution is 7.17. The molecular weight excluding hydrogens is 340 g/mol. The van der Waals surface area contributed by atoms with Gasteiger partial charge in [0.2, 0.25) is 5.91 Å². The van der Waals surface area contributed by atoms with E-state index in [0.29, 0.717) is 42.8 Å². The molecule has 1 aromatic heterocycles. The van der Waals surface area contributed by atoms with Gasteiger partial charge in [0, 0.05) is 39.1 Å².